The fourth-order valence-electron chi connectivity index (χ4n) is 2.54. The normalized spacial score (nSPS) is 19.9. The zero-order valence-corrected chi connectivity index (χ0v) is 12.0. The van der Waals surface area contributed by atoms with Gasteiger partial charge in [0, 0.05) is 18.0 Å². The van der Waals surface area contributed by atoms with E-state index in [2.05, 4.69) is 25.3 Å². The van der Waals surface area contributed by atoms with Crippen molar-refractivity contribution in [3.63, 3.8) is 0 Å². The van der Waals surface area contributed by atoms with Gasteiger partial charge >= 0.3 is 0 Å². The van der Waals surface area contributed by atoms with Gasteiger partial charge in [-0.3, -0.25) is 4.79 Å². The maximum absolute atomic E-state index is 12.3. The molecule has 1 fully saturated rings. The highest BCUT2D eigenvalue weighted by Gasteiger charge is 2.21. The minimum absolute atomic E-state index is 0.281. The molecule has 18 heavy (non-hydrogen) atoms. The smallest absolute Gasteiger partial charge is 0.227 e. The van der Waals surface area contributed by atoms with E-state index in [0.717, 1.165) is 25.1 Å². The fourth-order valence-corrected chi connectivity index (χ4v) is 3.16. The summed E-state index contributed by atoms with van der Waals surface area (Å²) in [4.78, 5) is 15.5. The van der Waals surface area contributed by atoms with Crippen molar-refractivity contribution >= 4 is 17.7 Å². The summed E-state index contributed by atoms with van der Waals surface area (Å²) in [7, 11) is 0. The molecule has 1 aromatic carbocycles. The highest BCUT2D eigenvalue weighted by Crippen LogP contribution is 2.22. The molecule has 98 valence electrons. The number of benzene rings is 1. The summed E-state index contributed by atoms with van der Waals surface area (Å²) in [5, 5.41) is 0. The molecule has 0 radical (unpaired) electrons. The lowest BCUT2D eigenvalue weighted by Gasteiger charge is -2.31. The Kier molecular flexibility index (Phi) is 4.70. The van der Waals surface area contributed by atoms with Crippen LogP contribution in [0.4, 0.5) is 0 Å². The summed E-state index contributed by atoms with van der Waals surface area (Å²) in [5.74, 6) is 0.932. The van der Waals surface area contributed by atoms with E-state index < -0.39 is 0 Å². The lowest BCUT2D eigenvalue weighted by atomic mass is 9.99. The molecule has 1 heterocycles. The summed E-state index contributed by atoms with van der Waals surface area (Å²) in [5.41, 5.74) is 1.16. The van der Waals surface area contributed by atoms with Gasteiger partial charge in [0.25, 0.3) is 0 Å². The highest BCUT2D eigenvalue weighted by atomic mass is 32.2. The van der Waals surface area contributed by atoms with Gasteiger partial charge in [-0.25, -0.2) is 0 Å². The standard InChI is InChI=1S/C15H21NOS/c1-12-6-5-9-16(11-12)15(17)10-13-7-3-4-8-14(13)18-2/h3-4,7-8,12H,5-6,9-11H2,1-2H3. The Balaban J connectivity index is 2.02. The predicted molar refractivity (Wildman–Crippen MR) is 76.9 cm³/mol. The molecule has 1 saturated heterocycles. The van der Waals surface area contributed by atoms with Crippen LogP contribution < -0.4 is 0 Å². The summed E-state index contributed by atoms with van der Waals surface area (Å²) >= 11 is 1.71. The molecule has 1 aromatic rings. The van der Waals surface area contributed by atoms with Crippen LogP contribution in [0.2, 0.25) is 0 Å². The molecule has 3 heteroatoms. The number of rotatable bonds is 3. The molecule has 0 saturated carbocycles. The van der Waals surface area contributed by atoms with Crippen LogP contribution in [0.25, 0.3) is 0 Å². The van der Waals surface area contributed by atoms with Gasteiger partial charge in [-0.1, -0.05) is 25.1 Å². The van der Waals surface area contributed by atoms with Crippen LogP contribution in [-0.4, -0.2) is 30.2 Å². The average Bonchev–Trinajstić information content (AvgIpc) is 2.39. The first-order valence-electron chi connectivity index (χ1n) is 6.60. The fraction of sp³-hybridized carbons (Fsp3) is 0.533. The number of likely N-dealkylation sites (tertiary alicyclic amines) is 1. The second-order valence-electron chi connectivity index (χ2n) is 5.08. The molecule has 0 N–H and O–H groups in total. The molecule has 1 amide bonds. The number of carbonyl (C=O) groups excluding carboxylic acids is 1. The van der Waals surface area contributed by atoms with E-state index in [4.69, 9.17) is 0 Å². The lowest BCUT2D eigenvalue weighted by molar-refractivity contribution is -0.132. The van der Waals surface area contributed by atoms with Crippen LogP contribution in [0.3, 0.4) is 0 Å². The number of carbonyl (C=O) groups is 1. The Morgan fingerprint density at radius 3 is 2.94 bits per heavy atom. The second-order valence-corrected chi connectivity index (χ2v) is 5.92. The molecule has 1 unspecified atom stereocenters. The van der Waals surface area contributed by atoms with Gasteiger partial charge in [0.15, 0.2) is 0 Å². The van der Waals surface area contributed by atoms with E-state index in [1.165, 1.54) is 11.3 Å². The first kappa shape index (κ1) is 13.5. The zero-order valence-electron chi connectivity index (χ0n) is 11.2. The van der Waals surface area contributed by atoms with Crippen molar-refractivity contribution in [1.29, 1.82) is 0 Å². The molecule has 0 aromatic heterocycles. The minimum atomic E-state index is 0.281. The maximum Gasteiger partial charge on any atom is 0.227 e. The van der Waals surface area contributed by atoms with Gasteiger partial charge in [-0.15, -0.1) is 11.8 Å². The van der Waals surface area contributed by atoms with Gasteiger partial charge in [0.1, 0.15) is 0 Å². The highest BCUT2D eigenvalue weighted by molar-refractivity contribution is 7.98. The summed E-state index contributed by atoms with van der Waals surface area (Å²) in [6.45, 7) is 4.10. The molecule has 0 spiro atoms. The van der Waals surface area contributed by atoms with Crippen molar-refractivity contribution < 1.29 is 4.79 Å². The van der Waals surface area contributed by atoms with Gasteiger partial charge in [0.05, 0.1) is 6.42 Å². The predicted octanol–water partition coefficient (Wildman–Crippen LogP) is 3.21. The molecule has 2 rings (SSSR count). The lowest BCUT2D eigenvalue weighted by Crippen LogP contribution is -2.39. The molecule has 1 atom stereocenters. The van der Waals surface area contributed by atoms with E-state index >= 15 is 0 Å². The molecular weight excluding hydrogens is 242 g/mol. The van der Waals surface area contributed by atoms with Crippen LogP contribution in [0, 0.1) is 5.92 Å². The third-order valence-electron chi connectivity index (χ3n) is 3.54. The van der Waals surface area contributed by atoms with Crippen molar-refractivity contribution in [2.75, 3.05) is 19.3 Å². The van der Waals surface area contributed by atoms with Crippen molar-refractivity contribution in [2.24, 2.45) is 5.92 Å². The zero-order chi connectivity index (χ0) is 13.0. The number of nitrogens with zero attached hydrogens (tertiary/aromatic N) is 1. The number of piperidine rings is 1. The van der Waals surface area contributed by atoms with Crippen LogP contribution >= 0.6 is 11.8 Å². The van der Waals surface area contributed by atoms with Crippen molar-refractivity contribution in [3.8, 4) is 0 Å². The Labute approximate surface area is 114 Å². The SMILES string of the molecule is CSc1ccccc1CC(=O)N1CCCC(C)C1. The Bertz CT molecular complexity index is 419. The van der Waals surface area contributed by atoms with Gasteiger partial charge < -0.3 is 4.90 Å². The topological polar surface area (TPSA) is 20.3 Å². The summed E-state index contributed by atoms with van der Waals surface area (Å²) < 4.78 is 0. The van der Waals surface area contributed by atoms with Crippen molar-refractivity contribution in [3.05, 3.63) is 29.8 Å². The average molecular weight is 263 g/mol. The first-order chi connectivity index (χ1) is 8.70. The minimum Gasteiger partial charge on any atom is -0.342 e. The van der Waals surface area contributed by atoms with E-state index in [1.807, 2.05) is 17.0 Å². The maximum atomic E-state index is 12.3. The molecule has 2 nitrogen and oxygen atoms in total. The Morgan fingerprint density at radius 1 is 1.44 bits per heavy atom. The number of thioether (sulfide) groups is 1. The van der Waals surface area contributed by atoms with Gasteiger partial charge in [0.2, 0.25) is 5.91 Å². The summed E-state index contributed by atoms with van der Waals surface area (Å²) in [6.07, 6.45) is 5.01. The van der Waals surface area contributed by atoms with E-state index in [1.54, 1.807) is 11.8 Å². The van der Waals surface area contributed by atoms with E-state index in [9.17, 15) is 4.79 Å². The molecular formula is C15H21NOS. The quantitative estimate of drug-likeness (QED) is 0.781. The van der Waals surface area contributed by atoms with Crippen LogP contribution in [0.1, 0.15) is 25.3 Å². The molecule has 0 aliphatic carbocycles. The monoisotopic (exact) mass is 263 g/mol. The molecule has 1 aliphatic rings. The summed E-state index contributed by atoms with van der Waals surface area (Å²) in [6, 6.07) is 8.20. The number of amides is 1. The largest absolute Gasteiger partial charge is 0.342 e. The molecule has 1 aliphatic heterocycles. The van der Waals surface area contributed by atoms with Gasteiger partial charge in [-0.05, 0) is 36.6 Å². The second kappa shape index (κ2) is 6.28. The third-order valence-corrected chi connectivity index (χ3v) is 4.38. The van der Waals surface area contributed by atoms with E-state index in [0.29, 0.717) is 12.3 Å². The van der Waals surface area contributed by atoms with Crippen LogP contribution in [0.5, 0.6) is 0 Å². The van der Waals surface area contributed by atoms with Crippen LogP contribution in [0.15, 0.2) is 29.2 Å². The third kappa shape index (κ3) is 3.29. The van der Waals surface area contributed by atoms with E-state index in [-0.39, 0.29) is 5.91 Å². The number of hydrogen-bond donors (Lipinski definition) is 0. The van der Waals surface area contributed by atoms with Crippen molar-refractivity contribution in [1.82, 2.24) is 4.90 Å². The Hall–Kier alpha value is -0.960. The Morgan fingerprint density at radius 2 is 2.22 bits per heavy atom. The molecule has 0 bridgehead atoms. The van der Waals surface area contributed by atoms with Crippen LogP contribution in [-0.2, 0) is 11.2 Å². The van der Waals surface area contributed by atoms with Gasteiger partial charge in [-0.2, -0.15) is 0 Å². The number of hydrogen-bond acceptors (Lipinski definition) is 2. The van der Waals surface area contributed by atoms with Crippen molar-refractivity contribution in [2.45, 2.75) is 31.1 Å². The first-order valence-corrected chi connectivity index (χ1v) is 7.83.